The van der Waals surface area contributed by atoms with Crippen LogP contribution in [0.4, 0.5) is 0 Å². The van der Waals surface area contributed by atoms with Gasteiger partial charge in [0.15, 0.2) is 11.5 Å². The Kier molecular flexibility index (Phi) is 4.89. The first-order valence-electron chi connectivity index (χ1n) is 7.36. The molecule has 1 unspecified atom stereocenters. The van der Waals surface area contributed by atoms with Gasteiger partial charge in [0.05, 0.1) is 19.8 Å². The van der Waals surface area contributed by atoms with Gasteiger partial charge in [-0.15, -0.1) is 0 Å². The Hall–Kier alpha value is -1.26. The summed E-state index contributed by atoms with van der Waals surface area (Å²) in [5, 5.41) is 0. The van der Waals surface area contributed by atoms with E-state index in [4.69, 9.17) is 15.2 Å². The average Bonchev–Trinajstić information content (AvgIpc) is 2.99. The van der Waals surface area contributed by atoms with Crippen LogP contribution in [0.5, 0.6) is 11.5 Å². The van der Waals surface area contributed by atoms with Crippen molar-refractivity contribution in [2.75, 3.05) is 33.9 Å². The van der Waals surface area contributed by atoms with Crippen LogP contribution in [0.2, 0.25) is 0 Å². The lowest BCUT2D eigenvalue weighted by molar-refractivity contribution is 0.240. The zero-order valence-electron chi connectivity index (χ0n) is 12.8. The summed E-state index contributed by atoms with van der Waals surface area (Å²) in [6.07, 6.45) is 3.47. The Labute approximate surface area is 121 Å². The highest BCUT2D eigenvalue weighted by molar-refractivity contribution is 5.45. The van der Waals surface area contributed by atoms with Crippen LogP contribution in [-0.2, 0) is 5.54 Å². The zero-order valence-corrected chi connectivity index (χ0v) is 12.8. The van der Waals surface area contributed by atoms with Gasteiger partial charge in [-0.3, -0.25) is 0 Å². The van der Waals surface area contributed by atoms with E-state index in [0.717, 1.165) is 43.1 Å². The summed E-state index contributed by atoms with van der Waals surface area (Å²) >= 11 is 0. The fraction of sp³-hybridized carbons (Fsp3) is 0.625. The normalized spacial score (nSPS) is 18.8. The highest BCUT2D eigenvalue weighted by Gasteiger charge is 2.30. The van der Waals surface area contributed by atoms with Crippen LogP contribution in [0.3, 0.4) is 0 Å². The fourth-order valence-corrected chi connectivity index (χ4v) is 2.89. The number of nitrogens with two attached hydrogens (primary N) is 1. The van der Waals surface area contributed by atoms with Gasteiger partial charge in [-0.2, -0.15) is 0 Å². The molecule has 1 heterocycles. The third kappa shape index (κ3) is 3.07. The van der Waals surface area contributed by atoms with Crippen molar-refractivity contribution in [1.82, 2.24) is 4.90 Å². The van der Waals surface area contributed by atoms with Gasteiger partial charge >= 0.3 is 0 Å². The Morgan fingerprint density at radius 1 is 1.15 bits per heavy atom. The number of likely N-dealkylation sites (tertiary alicyclic amines) is 1. The smallest absolute Gasteiger partial charge is 0.161 e. The molecule has 4 heteroatoms. The molecule has 0 aliphatic carbocycles. The summed E-state index contributed by atoms with van der Waals surface area (Å²) < 4.78 is 10.7. The minimum atomic E-state index is -0.329. The molecule has 1 atom stereocenters. The van der Waals surface area contributed by atoms with Crippen molar-refractivity contribution in [2.45, 2.75) is 31.7 Å². The van der Waals surface area contributed by atoms with E-state index in [2.05, 4.69) is 17.9 Å². The van der Waals surface area contributed by atoms with Crippen LogP contribution >= 0.6 is 0 Å². The first-order valence-corrected chi connectivity index (χ1v) is 7.36. The quantitative estimate of drug-likeness (QED) is 0.868. The minimum absolute atomic E-state index is 0.329. The molecule has 2 rings (SSSR count). The van der Waals surface area contributed by atoms with Crippen LogP contribution in [0.15, 0.2) is 18.2 Å². The average molecular weight is 278 g/mol. The van der Waals surface area contributed by atoms with Crippen LogP contribution in [-0.4, -0.2) is 38.8 Å². The molecular weight excluding hydrogens is 252 g/mol. The first-order chi connectivity index (χ1) is 9.62. The molecule has 1 aromatic carbocycles. The lowest BCUT2D eigenvalue weighted by Crippen LogP contribution is -2.46. The summed E-state index contributed by atoms with van der Waals surface area (Å²) in [5.41, 5.74) is 7.46. The molecule has 1 aliphatic rings. The number of benzene rings is 1. The second kappa shape index (κ2) is 6.46. The van der Waals surface area contributed by atoms with Gasteiger partial charge < -0.3 is 20.1 Å². The second-order valence-corrected chi connectivity index (χ2v) is 5.56. The molecule has 20 heavy (non-hydrogen) atoms. The second-order valence-electron chi connectivity index (χ2n) is 5.56. The molecule has 0 saturated carbocycles. The van der Waals surface area contributed by atoms with Crippen LogP contribution < -0.4 is 15.2 Å². The fourth-order valence-electron chi connectivity index (χ4n) is 2.89. The number of rotatable bonds is 6. The van der Waals surface area contributed by atoms with E-state index in [9.17, 15) is 0 Å². The molecule has 0 radical (unpaired) electrons. The molecule has 2 N–H and O–H groups in total. The molecule has 1 aliphatic heterocycles. The summed E-state index contributed by atoms with van der Waals surface area (Å²) in [6.45, 7) is 5.37. The van der Waals surface area contributed by atoms with Crippen molar-refractivity contribution >= 4 is 0 Å². The maximum atomic E-state index is 6.68. The van der Waals surface area contributed by atoms with Gasteiger partial charge in [-0.05, 0) is 50.0 Å². The summed E-state index contributed by atoms with van der Waals surface area (Å²) in [6, 6.07) is 6.01. The van der Waals surface area contributed by atoms with Crippen molar-refractivity contribution in [3.8, 4) is 11.5 Å². The van der Waals surface area contributed by atoms with Crippen LogP contribution in [0.1, 0.15) is 31.7 Å². The number of hydrogen-bond donors (Lipinski definition) is 1. The molecular formula is C16H26N2O2. The summed E-state index contributed by atoms with van der Waals surface area (Å²) in [5.74, 6) is 1.49. The number of hydrogen-bond acceptors (Lipinski definition) is 4. The maximum absolute atomic E-state index is 6.68. The minimum Gasteiger partial charge on any atom is -0.493 e. The van der Waals surface area contributed by atoms with Gasteiger partial charge in [0.1, 0.15) is 0 Å². The molecule has 1 fully saturated rings. The van der Waals surface area contributed by atoms with Crippen molar-refractivity contribution in [2.24, 2.45) is 5.73 Å². The molecule has 112 valence electrons. The highest BCUT2D eigenvalue weighted by Crippen LogP contribution is 2.33. The molecule has 0 aromatic heterocycles. The molecule has 0 amide bonds. The van der Waals surface area contributed by atoms with E-state index in [1.807, 2.05) is 12.1 Å². The SMILES string of the molecule is CCC(N)(CN1CCCC1)c1ccc(OC)c(OC)c1. The Morgan fingerprint density at radius 2 is 1.80 bits per heavy atom. The number of ether oxygens (including phenoxy) is 2. The maximum Gasteiger partial charge on any atom is 0.161 e. The van der Waals surface area contributed by atoms with E-state index in [0.29, 0.717) is 0 Å². The third-order valence-electron chi connectivity index (χ3n) is 4.29. The van der Waals surface area contributed by atoms with Crippen molar-refractivity contribution < 1.29 is 9.47 Å². The van der Waals surface area contributed by atoms with Crippen molar-refractivity contribution in [3.05, 3.63) is 23.8 Å². The van der Waals surface area contributed by atoms with Gasteiger partial charge in [0, 0.05) is 6.54 Å². The van der Waals surface area contributed by atoms with Crippen molar-refractivity contribution in [1.29, 1.82) is 0 Å². The highest BCUT2D eigenvalue weighted by atomic mass is 16.5. The van der Waals surface area contributed by atoms with E-state index in [1.165, 1.54) is 12.8 Å². The van der Waals surface area contributed by atoms with Crippen LogP contribution in [0.25, 0.3) is 0 Å². The van der Waals surface area contributed by atoms with Gasteiger partial charge in [-0.1, -0.05) is 13.0 Å². The largest absolute Gasteiger partial charge is 0.493 e. The van der Waals surface area contributed by atoms with Crippen molar-refractivity contribution in [3.63, 3.8) is 0 Å². The molecule has 1 saturated heterocycles. The lowest BCUT2D eigenvalue weighted by Gasteiger charge is -2.33. The number of methoxy groups -OCH3 is 2. The number of nitrogens with zero attached hydrogens (tertiary/aromatic N) is 1. The summed E-state index contributed by atoms with van der Waals surface area (Å²) in [7, 11) is 3.31. The van der Waals surface area contributed by atoms with E-state index in [-0.39, 0.29) is 5.54 Å². The summed E-state index contributed by atoms with van der Waals surface area (Å²) in [4.78, 5) is 2.46. The Balaban J connectivity index is 2.25. The first kappa shape index (κ1) is 15.1. The molecule has 4 nitrogen and oxygen atoms in total. The predicted molar refractivity (Wildman–Crippen MR) is 81.4 cm³/mol. The van der Waals surface area contributed by atoms with Gasteiger partial charge in [-0.25, -0.2) is 0 Å². The van der Waals surface area contributed by atoms with Gasteiger partial charge in [0.25, 0.3) is 0 Å². The van der Waals surface area contributed by atoms with E-state index >= 15 is 0 Å². The lowest BCUT2D eigenvalue weighted by atomic mass is 9.87. The standard InChI is InChI=1S/C16H26N2O2/c1-4-16(17,12-18-9-5-6-10-18)13-7-8-14(19-2)15(11-13)20-3/h7-8,11H,4-6,9-10,12,17H2,1-3H3. The molecule has 0 spiro atoms. The third-order valence-corrected chi connectivity index (χ3v) is 4.29. The Bertz CT molecular complexity index is 444. The monoisotopic (exact) mass is 278 g/mol. The molecule has 0 bridgehead atoms. The Morgan fingerprint density at radius 3 is 2.35 bits per heavy atom. The van der Waals surface area contributed by atoms with E-state index in [1.54, 1.807) is 14.2 Å². The van der Waals surface area contributed by atoms with E-state index < -0.39 is 0 Å². The zero-order chi connectivity index (χ0) is 14.6. The van der Waals surface area contributed by atoms with Crippen LogP contribution in [0, 0.1) is 0 Å². The molecule has 1 aromatic rings. The predicted octanol–water partition coefficient (Wildman–Crippen LogP) is 2.36. The topological polar surface area (TPSA) is 47.7 Å². The van der Waals surface area contributed by atoms with Gasteiger partial charge in [0.2, 0.25) is 0 Å².